The molecule has 1 N–H and O–H groups in total. The van der Waals surface area contributed by atoms with Crippen LogP contribution in [-0.2, 0) is 12.8 Å². The van der Waals surface area contributed by atoms with Crippen LogP contribution in [0.25, 0.3) is 0 Å². The standard InChI is InChI=1S/C15H23NOS/c1-17-15-7-5-12-4-6-14(10-13(12)11-15)16-8-3-9-18-2/h5,7,11,14,16H,3-4,6,8-10H2,1-2H3. The van der Waals surface area contributed by atoms with Crippen molar-refractivity contribution in [3.63, 3.8) is 0 Å². The Morgan fingerprint density at radius 3 is 3.06 bits per heavy atom. The zero-order valence-corrected chi connectivity index (χ0v) is 12.2. The normalized spacial score (nSPS) is 18.4. The zero-order valence-electron chi connectivity index (χ0n) is 11.4. The van der Waals surface area contributed by atoms with Crippen LogP contribution in [0.1, 0.15) is 24.0 Å². The van der Waals surface area contributed by atoms with Gasteiger partial charge in [0.1, 0.15) is 5.75 Å². The Labute approximate surface area is 114 Å². The first-order chi connectivity index (χ1) is 8.83. The van der Waals surface area contributed by atoms with E-state index in [1.54, 1.807) is 7.11 Å². The summed E-state index contributed by atoms with van der Waals surface area (Å²) in [6.07, 6.45) is 7.04. The smallest absolute Gasteiger partial charge is 0.119 e. The van der Waals surface area contributed by atoms with Crippen LogP contribution in [0.15, 0.2) is 18.2 Å². The molecule has 3 heteroatoms. The first-order valence-electron chi connectivity index (χ1n) is 6.71. The van der Waals surface area contributed by atoms with Crippen molar-refractivity contribution < 1.29 is 4.74 Å². The van der Waals surface area contributed by atoms with Crippen molar-refractivity contribution in [3.8, 4) is 5.75 Å². The lowest BCUT2D eigenvalue weighted by Gasteiger charge is -2.26. The van der Waals surface area contributed by atoms with Crippen molar-refractivity contribution in [2.24, 2.45) is 0 Å². The van der Waals surface area contributed by atoms with Crippen molar-refractivity contribution in [3.05, 3.63) is 29.3 Å². The van der Waals surface area contributed by atoms with Crippen molar-refractivity contribution in [2.45, 2.75) is 31.7 Å². The molecule has 0 aliphatic heterocycles. The Morgan fingerprint density at radius 1 is 1.39 bits per heavy atom. The van der Waals surface area contributed by atoms with Gasteiger partial charge in [-0.1, -0.05) is 6.07 Å². The predicted octanol–water partition coefficient (Wildman–Crippen LogP) is 2.90. The highest BCUT2D eigenvalue weighted by molar-refractivity contribution is 7.98. The first-order valence-corrected chi connectivity index (χ1v) is 8.11. The lowest BCUT2D eigenvalue weighted by Crippen LogP contribution is -2.35. The molecule has 1 aromatic rings. The average molecular weight is 265 g/mol. The fourth-order valence-electron chi connectivity index (χ4n) is 2.56. The molecule has 0 bridgehead atoms. The topological polar surface area (TPSA) is 21.3 Å². The van der Waals surface area contributed by atoms with Gasteiger partial charge < -0.3 is 10.1 Å². The zero-order chi connectivity index (χ0) is 12.8. The van der Waals surface area contributed by atoms with E-state index >= 15 is 0 Å². The van der Waals surface area contributed by atoms with Gasteiger partial charge >= 0.3 is 0 Å². The number of methoxy groups -OCH3 is 1. The Hall–Kier alpha value is -0.670. The number of benzene rings is 1. The minimum Gasteiger partial charge on any atom is -0.497 e. The number of hydrogen-bond acceptors (Lipinski definition) is 3. The molecule has 1 aliphatic carbocycles. The minimum atomic E-state index is 0.645. The number of thioether (sulfide) groups is 1. The number of nitrogens with one attached hydrogen (secondary N) is 1. The van der Waals surface area contributed by atoms with E-state index in [2.05, 4.69) is 29.8 Å². The molecule has 2 nitrogen and oxygen atoms in total. The third-order valence-corrected chi connectivity index (χ3v) is 4.30. The third-order valence-electron chi connectivity index (χ3n) is 3.60. The molecule has 100 valence electrons. The predicted molar refractivity (Wildman–Crippen MR) is 79.8 cm³/mol. The lowest BCUT2D eigenvalue weighted by molar-refractivity contribution is 0.411. The fraction of sp³-hybridized carbons (Fsp3) is 0.600. The Kier molecular flexibility index (Phi) is 5.39. The van der Waals surface area contributed by atoms with Gasteiger partial charge in [0.2, 0.25) is 0 Å². The SMILES string of the molecule is COc1ccc2c(c1)CC(NCCCSC)CC2. The Bertz CT molecular complexity index is 381. The van der Waals surface area contributed by atoms with Gasteiger partial charge in [-0.05, 0) is 67.5 Å². The maximum absolute atomic E-state index is 5.31. The summed E-state index contributed by atoms with van der Waals surface area (Å²) >= 11 is 1.93. The van der Waals surface area contributed by atoms with Gasteiger partial charge in [0, 0.05) is 6.04 Å². The fourth-order valence-corrected chi connectivity index (χ4v) is 2.99. The van der Waals surface area contributed by atoms with E-state index < -0.39 is 0 Å². The molecule has 1 unspecified atom stereocenters. The molecular formula is C15H23NOS. The van der Waals surface area contributed by atoms with Crippen molar-refractivity contribution in [1.29, 1.82) is 0 Å². The molecule has 2 rings (SSSR count). The molecule has 1 atom stereocenters. The molecule has 0 amide bonds. The monoisotopic (exact) mass is 265 g/mol. The number of fused-ring (bicyclic) bond motifs is 1. The molecule has 1 aliphatic rings. The van der Waals surface area contributed by atoms with E-state index in [1.165, 1.54) is 36.1 Å². The minimum absolute atomic E-state index is 0.645. The van der Waals surface area contributed by atoms with E-state index in [-0.39, 0.29) is 0 Å². The van der Waals surface area contributed by atoms with E-state index in [4.69, 9.17) is 4.74 Å². The van der Waals surface area contributed by atoms with Crippen molar-refractivity contribution in [1.82, 2.24) is 5.32 Å². The van der Waals surface area contributed by atoms with Crippen LogP contribution < -0.4 is 10.1 Å². The molecular weight excluding hydrogens is 242 g/mol. The number of rotatable bonds is 6. The molecule has 0 fully saturated rings. The van der Waals surface area contributed by atoms with E-state index in [1.807, 2.05) is 11.8 Å². The Morgan fingerprint density at radius 2 is 2.28 bits per heavy atom. The summed E-state index contributed by atoms with van der Waals surface area (Å²) in [5.74, 6) is 2.24. The molecule has 1 aromatic carbocycles. The van der Waals surface area contributed by atoms with Gasteiger partial charge in [-0.25, -0.2) is 0 Å². The largest absolute Gasteiger partial charge is 0.497 e. The van der Waals surface area contributed by atoms with Crippen LogP contribution in [0.3, 0.4) is 0 Å². The van der Waals surface area contributed by atoms with Crippen LogP contribution in [0.4, 0.5) is 0 Å². The summed E-state index contributed by atoms with van der Waals surface area (Å²) in [7, 11) is 1.74. The lowest BCUT2D eigenvalue weighted by atomic mass is 9.88. The molecule has 0 aromatic heterocycles. The number of hydrogen-bond donors (Lipinski definition) is 1. The molecule has 18 heavy (non-hydrogen) atoms. The van der Waals surface area contributed by atoms with Gasteiger partial charge in [-0.15, -0.1) is 0 Å². The number of aryl methyl sites for hydroxylation is 1. The maximum Gasteiger partial charge on any atom is 0.119 e. The van der Waals surface area contributed by atoms with Crippen LogP contribution in [0.2, 0.25) is 0 Å². The van der Waals surface area contributed by atoms with Crippen LogP contribution in [0, 0.1) is 0 Å². The second-order valence-electron chi connectivity index (χ2n) is 4.87. The summed E-state index contributed by atoms with van der Waals surface area (Å²) < 4.78 is 5.31. The quantitative estimate of drug-likeness (QED) is 0.799. The third kappa shape index (κ3) is 3.66. The van der Waals surface area contributed by atoms with Gasteiger partial charge in [0.15, 0.2) is 0 Å². The molecule has 0 heterocycles. The van der Waals surface area contributed by atoms with Gasteiger partial charge in [0.25, 0.3) is 0 Å². The van der Waals surface area contributed by atoms with Gasteiger partial charge in [0.05, 0.1) is 7.11 Å². The summed E-state index contributed by atoms with van der Waals surface area (Å²) in [4.78, 5) is 0. The number of ether oxygens (including phenoxy) is 1. The Balaban J connectivity index is 1.88. The second kappa shape index (κ2) is 7.05. The maximum atomic E-state index is 5.31. The molecule has 0 spiro atoms. The van der Waals surface area contributed by atoms with Gasteiger partial charge in [-0.2, -0.15) is 11.8 Å². The van der Waals surface area contributed by atoms with Crippen molar-refractivity contribution in [2.75, 3.05) is 25.7 Å². The van der Waals surface area contributed by atoms with Crippen LogP contribution in [0.5, 0.6) is 5.75 Å². The van der Waals surface area contributed by atoms with Crippen LogP contribution >= 0.6 is 11.8 Å². The van der Waals surface area contributed by atoms with Crippen molar-refractivity contribution >= 4 is 11.8 Å². The van der Waals surface area contributed by atoms with E-state index in [9.17, 15) is 0 Å². The molecule has 0 radical (unpaired) electrons. The molecule has 0 saturated carbocycles. The van der Waals surface area contributed by atoms with E-state index in [0.29, 0.717) is 6.04 Å². The second-order valence-corrected chi connectivity index (χ2v) is 5.86. The summed E-state index contributed by atoms with van der Waals surface area (Å²) in [6.45, 7) is 1.14. The highest BCUT2D eigenvalue weighted by Gasteiger charge is 2.18. The highest BCUT2D eigenvalue weighted by atomic mass is 32.2. The highest BCUT2D eigenvalue weighted by Crippen LogP contribution is 2.25. The summed E-state index contributed by atoms with van der Waals surface area (Å²) in [5.41, 5.74) is 2.96. The summed E-state index contributed by atoms with van der Waals surface area (Å²) in [6, 6.07) is 7.14. The van der Waals surface area contributed by atoms with Gasteiger partial charge in [-0.3, -0.25) is 0 Å². The summed E-state index contributed by atoms with van der Waals surface area (Å²) in [5, 5.41) is 3.68. The average Bonchev–Trinajstić information content (AvgIpc) is 2.42. The van der Waals surface area contributed by atoms with Crippen LogP contribution in [-0.4, -0.2) is 31.7 Å². The van der Waals surface area contributed by atoms with E-state index in [0.717, 1.165) is 18.7 Å². The first kappa shape index (κ1) is 13.8. The molecule has 0 saturated heterocycles.